The Kier molecular flexibility index (Phi) is 7.65. The summed E-state index contributed by atoms with van der Waals surface area (Å²) in [6.45, 7) is 4.41. The summed E-state index contributed by atoms with van der Waals surface area (Å²) < 4.78 is 4.98. The van der Waals surface area contributed by atoms with E-state index in [9.17, 15) is 0 Å². The summed E-state index contributed by atoms with van der Waals surface area (Å²) in [6.07, 6.45) is 14.3. The number of aromatic nitrogens is 4. The highest BCUT2D eigenvalue weighted by atomic mass is 15.0. The number of hydrogen-bond acceptors (Lipinski definition) is 2. The van der Waals surface area contributed by atoms with E-state index < -0.39 is 0 Å². The van der Waals surface area contributed by atoms with Gasteiger partial charge in [-0.1, -0.05) is 91.0 Å². The van der Waals surface area contributed by atoms with E-state index in [-0.39, 0.29) is 0 Å². The number of fused-ring (bicyclic) bond motifs is 11. The van der Waals surface area contributed by atoms with Crippen molar-refractivity contribution in [3.8, 4) is 33.6 Å². The maximum absolute atomic E-state index is 4.67. The highest BCUT2D eigenvalue weighted by molar-refractivity contribution is 6.13. The van der Waals surface area contributed by atoms with E-state index in [2.05, 4.69) is 185 Å². The molecule has 0 saturated heterocycles. The van der Waals surface area contributed by atoms with Crippen LogP contribution in [0.15, 0.2) is 164 Å². The number of benzene rings is 7. The first-order valence-electron chi connectivity index (χ1n) is 21.9. The third-order valence-electron chi connectivity index (χ3n) is 14.0. The molecule has 0 radical (unpaired) electrons. The first kappa shape index (κ1) is 35.2. The van der Waals surface area contributed by atoms with Crippen LogP contribution in [0, 0.1) is 13.8 Å². The van der Waals surface area contributed by atoms with E-state index >= 15 is 0 Å². The molecule has 0 N–H and O–H groups in total. The molecule has 2 aliphatic rings. The minimum absolute atomic E-state index is 0.959. The number of pyridine rings is 2. The van der Waals surface area contributed by atoms with Crippen molar-refractivity contribution in [2.24, 2.45) is 0 Å². The Bertz CT molecular complexity index is 3720. The van der Waals surface area contributed by atoms with Gasteiger partial charge in [0.1, 0.15) is 0 Å². The molecule has 0 fully saturated rings. The molecule has 2 aliphatic carbocycles. The van der Waals surface area contributed by atoms with Gasteiger partial charge in [-0.15, -0.1) is 0 Å². The van der Waals surface area contributed by atoms with Gasteiger partial charge in [-0.3, -0.25) is 9.97 Å². The lowest BCUT2D eigenvalue weighted by molar-refractivity contribution is 0.890. The van der Waals surface area contributed by atoms with Crippen LogP contribution >= 0.6 is 0 Å². The maximum Gasteiger partial charge on any atom is 0.0674 e. The first-order chi connectivity index (χ1) is 30.6. The Hall–Kier alpha value is -7.56. The predicted molar refractivity (Wildman–Crippen MR) is 259 cm³/mol. The van der Waals surface area contributed by atoms with Crippen LogP contribution in [0.3, 0.4) is 0 Å². The SMILES string of the molecule is Cc1ccncc1-n1c2c(c3cc4c(cc31)-c1cc3c(cc1CC4)c1cc(-c4cccc5ccccc45)ccc1n3-c1cnccc1C)C=C(c1cccc3ccccc13)CC2. The average molecular weight is 795 g/mol. The Morgan fingerprint density at radius 3 is 1.71 bits per heavy atom. The molecule has 62 heavy (non-hydrogen) atoms. The Morgan fingerprint density at radius 2 is 1.02 bits per heavy atom. The van der Waals surface area contributed by atoms with Gasteiger partial charge in [0.05, 0.1) is 40.3 Å². The van der Waals surface area contributed by atoms with E-state index in [1.165, 1.54) is 121 Å². The maximum atomic E-state index is 4.67. The number of rotatable bonds is 4. The number of hydrogen-bond donors (Lipinski definition) is 0. The second-order valence-electron chi connectivity index (χ2n) is 17.4. The van der Waals surface area contributed by atoms with Crippen LogP contribution in [0.5, 0.6) is 0 Å². The highest BCUT2D eigenvalue weighted by Gasteiger charge is 2.28. The molecule has 0 bridgehead atoms. The van der Waals surface area contributed by atoms with Gasteiger partial charge < -0.3 is 9.13 Å². The monoisotopic (exact) mass is 794 g/mol. The van der Waals surface area contributed by atoms with Crippen molar-refractivity contribution >= 4 is 65.9 Å². The Morgan fingerprint density at radius 1 is 0.435 bits per heavy atom. The molecule has 4 heteroatoms. The smallest absolute Gasteiger partial charge is 0.0674 e. The van der Waals surface area contributed by atoms with Crippen LogP contribution in [0.4, 0.5) is 0 Å². The van der Waals surface area contributed by atoms with Crippen molar-refractivity contribution in [2.45, 2.75) is 39.5 Å². The van der Waals surface area contributed by atoms with Gasteiger partial charge in [0.2, 0.25) is 0 Å². The van der Waals surface area contributed by atoms with Gasteiger partial charge in [0, 0.05) is 39.8 Å². The van der Waals surface area contributed by atoms with E-state index in [0.29, 0.717) is 0 Å². The van der Waals surface area contributed by atoms with Crippen molar-refractivity contribution in [2.75, 3.05) is 0 Å². The molecule has 13 rings (SSSR count). The minimum atomic E-state index is 0.959. The summed E-state index contributed by atoms with van der Waals surface area (Å²) in [7, 11) is 0. The number of allylic oxidation sites excluding steroid dienone is 1. The lowest BCUT2D eigenvalue weighted by Crippen LogP contribution is -2.07. The highest BCUT2D eigenvalue weighted by Crippen LogP contribution is 2.46. The molecule has 0 unspecified atom stereocenters. The standard InChI is InChI=1S/C58H42N4/c1-35-23-25-59-33-57(35)61-53-21-19-39(45-15-7-11-37-9-3-5-13-43(37)45)27-49(53)51-29-41-17-18-42-30-52-50-28-40(46-16-8-12-38-10-4-6-14-44(38)46)20-22-54(50)62(58-34-60-26-24-36(58)2)56(52)32-48(42)47(41)31-55(51)61/h3-16,19,21,23-34H,17-18,20,22H2,1-2H3. The largest absolute Gasteiger partial charge is 0.311 e. The van der Waals surface area contributed by atoms with Crippen LogP contribution < -0.4 is 0 Å². The molecule has 7 aromatic carbocycles. The third-order valence-corrected chi connectivity index (χ3v) is 14.0. The zero-order valence-electron chi connectivity index (χ0n) is 34.8. The van der Waals surface area contributed by atoms with Gasteiger partial charge in [0.25, 0.3) is 0 Å². The van der Waals surface area contributed by atoms with Crippen molar-refractivity contribution in [3.05, 3.63) is 203 Å². The van der Waals surface area contributed by atoms with E-state index in [1.54, 1.807) is 0 Å². The van der Waals surface area contributed by atoms with Crippen molar-refractivity contribution in [1.82, 2.24) is 19.1 Å². The quantitative estimate of drug-likeness (QED) is 0.178. The molecule has 0 spiro atoms. The summed E-state index contributed by atoms with van der Waals surface area (Å²) in [4.78, 5) is 9.33. The van der Waals surface area contributed by atoms with Crippen LogP contribution in [0.1, 0.15) is 45.5 Å². The van der Waals surface area contributed by atoms with Gasteiger partial charge in [-0.25, -0.2) is 0 Å². The van der Waals surface area contributed by atoms with Gasteiger partial charge in [-0.05, 0) is 171 Å². The molecule has 4 aromatic heterocycles. The van der Waals surface area contributed by atoms with Crippen molar-refractivity contribution in [3.63, 3.8) is 0 Å². The Labute approximate surface area is 360 Å². The lowest BCUT2D eigenvalue weighted by atomic mass is 9.83. The molecule has 0 aliphatic heterocycles. The second kappa shape index (κ2) is 13.5. The van der Waals surface area contributed by atoms with Crippen molar-refractivity contribution in [1.29, 1.82) is 0 Å². The summed E-state index contributed by atoms with van der Waals surface area (Å²) in [5.41, 5.74) is 21.7. The summed E-state index contributed by atoms with van der Waals surface area (Å²) in [6, 6.07) is 52.2. The van der Waals surface area contributed by atoms with E-state index in [4.69, 9.17) is 0 Å². The first-order valence-corrected chi connectivity index (χ1v) is 21.9. The summed E-state index contributed by atoms with van der Waals surface area (Å²) >= 11 is 0. The van der Waals surface area contributed by atoms with Gasteiger partial charge in [0.15, 0.2) is 0 Å². The zero-order valence-corrected chi connectivity index (χ0v) is 34.8. The molecule has 0 saturated carbocycles. The van der Waals surface area contributed by atoms with Gasteiger partial charge >= 0.3 is 0 Å². The fourth-order valence-corrected chi connectivity index (χ4v) is 10.9. The number of aryl methyl sites for hydroxylation is 4. The summed E-state index contributed by atoms with van der Waals surface area (Å²) in [5.74, 6) is 0. The summed E-state index contributed by atoms with van der Waals surface area (Å²) in [5, 5.41) is 9.01. The molecule has 11 aromatic rings. The topological polar surface area (TPSA) is 35.6 Å². The average Bonchev–Trinajstić information content (AvgIpc) is 3.80. The third kappa shape index (κ3) is 5.19. The van der Waals surface area contributed by atoms with Crippen LogP contribution in [0.25, 0.3) is 99.5 Å². The normalized spacial score (nSPS) is 13.5. The van der Waals surface area contributed by atoms with Crippen molar-refractivity contribution < 1.29 is 0 Å². The zero-order chi connectivity index (χ0) is 41.1. The van der Waals surface area contributed by atoms with E-state index in [1.807, 2.05) is 18.6 Å². The van der Waals surface area contributed by atoms with Crippen LogP contribution in [0.2, 0.25) is 0 Å². The van der Waals surface area contributed by atoms with Crippen LogP contribution in [-0.4, -0.2) is 19.1 Å². The molecule has 0 atom stereocenters. The van der Waals surface area contributed by atoms with Crippen LogP contribution in [-0.2, 0) is 19.3 Å². The number of nitrogens with zero attached hydrogens (tertiary/aromatic N) is 4. The van der Waals surface area contributed by atoms with E-state index in [0.717, 1.165) is 37.1 Å². The predicted octanol–water partition coefficient (Wildman–Crippen LogP) is 14.4. The second-order valence-corrected chi connectivity index (χ2v) is 17.4. The fourth-order valence-electron chi connectivity index (χ4n) is 10.9. The Balaban J connectivity index is 1.05. The molecular weight excluding hydrogens is 753 g/mol. The molecular formula is C58H42N4. The molecule has 4 nitrogen and oxygen atoms in total. The van der Waals surface area contributed by atoms with Gasteiger partial charge in [-0.2, -0.15) is 0 Å². The fraction of sp³-hybridized carbons (Fsp3) is 0.103. The molecule has 4 heterocycles. The molecule has 0 amide bonds. The minimum Gasteiger partial charge on any atom is -0.311 e. The lowest BCUT2D eigenvalue weighted by Gasteiger charge is -2.22. The molecule has 294 valence electrons.